The molecule has 23 heavy (non-hydrogen) atoms. The summed E-state index contributed by atoms with van der Waals surface area (Å²) >= 11 is 1.52. The molecule has 4 nitrogen and oxygen atoms in total. The molecule has 0 saturated heterocycles. The molecule has 2 heterocycles. The van der Waals surface area contributed by atoms with Crippen molar-refractivity contribution in [2.24, 2.45) is 0 Å². The fourth-order valence-electron chi connectivity index (χ4n) is 2.73. The average Bonchev–Trinajstić information content (AvgIpc) is 2.87. The summed E-state index contributed by atoms with van der Waals surface area (Å²) in [6, 6.07) is 5.92. The number of ether oxygens (including phenoxy) is 1. The second-order valence-electron chi connectivity index (χ2n) is 5.28. The van der Waals surface area contributed by atoms with Gasteiger partial charge in [-0.2, -0.15) is 0 Å². The highest BCUT2D eigenvalue weighted by molar-refractivity contribution is 7.19. The molecular weight excluding hydrogens is 308 g/mol. The van der Waals surface area contributed by atoms with Crippen LogP contribution < -0.4 is 10.3 Å². The molecule has 0 N–H and O–H groups in total. The molecule has 0 fully saturated rings. The Balaban J connectivity index is 2.31. The monoisotopic (exact) mass is 324 g/mol. The van der Waals surface area contributed by atoms with Gasteiger partial charge in [0.15, 0.2) is 0 Å². The molecule has 0 aliphatic rings. The van der Waals surface area contributed by atoms with Gasteiger partial charge in [-0.25, -0.2) is 4.98 Å². The van der Waals surface area contributed by atoms with E-state index in [4.69, 9.17) is 11.2 Å². The van der Waals surface area contributed by atoms with Crippen LogP contribution in [0.3, 0.4) is 0 Å². The zero-order valence-electron chi connectivity index (χ0n) is 13.2. The average molecular weight is 324 g/mol. The van der Waals surface area contributed by atoms with Gasteiger partial charge in [0.1, 0.15) is 10.6 Å². The number of aryl methyl sites for hydroxylation is 2. The molecule has 2 aromatic heterocycles. The van der Waals surface area contributed by atoms with Crippen molar-refractivity contribution in [2.45, 2.75) is 20.4 Å². The van der Waals surface area contributed by atoms with Crippen LogP contribution in [0.5, 0.6) is 5.75 Å². The van der Waals surface area contributed by atoms with E-state index >= 15 is 0 Å². The largest absolute Gasteiger partial charge is 0.496 e. The molecule has 0 saturated carbocycles. The number of methoxy groups -OCH3 is 1. The van der Waals surface area contributed by atoms with Gasteiger partial charge < -0.3 is 4.74 Å². The maximum Gasteiger partial charge on any atom is 0.263 e. The summed E-state index contributed by atoms with van der Waals surface area (Å²) in [5, 5.41) is 0.634. The first-order chi connectivity index (χ1) is 11.1. The van der Waals surface area contributed by atoms with Crippen molar-refractivity contribution in [1.29, 1.82) is 0 Å². The number of fused-ring (bicyclic) bond motifs is 1. The summed E-state index contributed by atoms with van der Waals surface area (Å²) in [5.41, 5.74) is 2.85. The molecule has 116 valence electrons. The lowest BCUT2D eigenvalue weighted by atomic mass is 10.0. The van der Waals surface area contributed by atoms with Gasteiger partial charge in [-0.3, -0.25) is 9.36 Å². The van der Waals surface area contributed by atoms with Crippen molar-refractivity contribution in [3.05, 3.63) is 45.3 Å². The lowest BCUT2D eigenvalue weighted by Gasteiger charge is -2.08. The number of terminal acetylenes is 1. The highest BCUT2D eigenvalue weighted by atomic mass is 32.1. The summed E-state index contributed by atoms with van der Waals surface area (Å²) in [7, 11) is 1.65. The van der Waals surface area contributed by atoms with E-state index in [0.717, 1.165) is 32.1 Å². The maximum atomic E-state index is 12.7. The predicted molar refractivity (Wildman–Crippen MR) is 94.2 cm³/mol. The Hall–Kier alpha value is -2.58. The Morgan fingerprint density at radius 2 is 2.17 bits per heavy atom. The fourth-order valence-corrected chi connectivity index (χ4v) is 3.73. The van der Waals surface area contributed by atoms with Crippen LogP contribution in [0, 0.1) is 26.2 Å². The number of rotatable bonds is 3. The molecule has 3 rings (SSSR count). The Kier molecular flexibility index (Phi) is 3.93. The van der Waals surface area contributed by atoms with Crippen LogP contribution in [-0.4, -0.2) is 16.7 Å². The molecule has 3 aromatic rings. The van der Waals surface area contributed by atoms with Crippen molar-refractivity contribution in [3.8, 4) is 29.2 Å². The van der Waals surface area contributed by atoms with Gasteiger partial charge in [0.25, 0.3) is 5.56 Å². The number of nitrogens with zero attached hydrogens (tertiary/aromatic N) is 2. The van der Waals surface area contributed by atoms with Crippen molar-refractivity contribution in [2.75, 3.05) is 7.11 Å². The quantitative estimate of drug-likeness (QED) is 0.694. The minimum absolute atomic E-state index is 0.0965. The highest BCUT2D eigenvalue weighted by Crippen LogP contribution is 2.36. The molecule has 0 radical (unpaired) electrons. The normalized spacial score (nSPS) is 10.7. The SMILES string of the molecule is C#CCn1cnc2sc(C)c(-c3ccc(OC)c(C)c3)c2c1=O. The standard InChI is InChI=1S/C18H16N2O2S/c1-5-8-20-10-19-17-16(18(20)21)15(12(3)23-17)13-6-7-14(22-4)11(2)9-13/h1,6-7,9-10H,8H2,2-4H3. The van der Waals surface area contributed by atoms with E-state index in [9.17, 15) is 4.79 Å². The van der Waals surface area contributed by atoms with E-state index in [-0.39, 0.29) is 12.1 Å². The molecule has 0 atom stereocenters. The van der Waals surface area contributed by atoms with Gasteiger partial charge in [-0.1, -0.05) is 12.0 Å². The number of benzene rings is 1. The van der Waals surface area contributed by atoms with Crippen LogP contribution in [0.25, 0.3) is 21.3 Å². The van der Waals surface area contributed by atoms with Crippen molar-refractivity contribution >= 4 is 21.6 Å². The fraction of sp³-hybridized carbons (Fsp3) is 0.222. The van der Waals surface area contributed by atoms with Crippen molar-refractivity contribution < 1.29 is 4.74 Å². The first-order valence-electron chi connectivity index (χ1n) is 7.13. The maximum absolute atomic E-state index is 12.7. The first kappa shape index (κ1) is 15.3. The molecule has 0 amide bonds. The lowest BCUT2D eigenvalue weighted by molar-refractivity contribution is 0.412. The molecule has 0 bridgehead atoms. The Morgan fingerprint density at radius 1 is 1.39 bits per heavy atom. The van der Waals surface area contributed by atoms with Crippen molar-refractivity contribution in [1.82, 2.24) is 9.55 Å². The predicted octanol–water partition coefficient (Wildman–Crippen LogP) is 3.38. The molecule has 0 spiro atoms. The van der Waals surface area contributed by atoms with E-state index in [1.807, 2.05) is 32.0 Å². The number of hydrogen-bond acceptors (Lipinski definition) is 4. The van der Waals surface area contributed by atoms with E-state index < -0.39 is 0 Å². The second kappa shape index (κ2) is 5.90. The molecule has 1 aromatic carbocycles. The van der Waals surface area contributed by atoms with Gasteiger partial charge in [0.05, 0.1) is 25.4 Å². The van der Waals surface area contributed by atoms with E-state index in [0.29, 0.717) is 5.39 Å². The summed E-state index contributed by atoms with van der Waals surface area (Å²) in [4.78, 5) is 18.9. The van der Waals surface area contributed by atoms with Crippen LogP contribution in [0.2, 0.25) is 0 Å². The van der Waals surface area contributed by atoms with Gasteiger partial charge in [0.2, 0.25) is 0 Å². The zero-order chi connectivity index (χ0) is 16.6. The van der Waals surface area contributed by atoms with E-state index in [2.05, 4.69) is 10.9 Å². The molecule has 0 aliphatic carbocycles. The Labute approximate surface area is 138 Å². The summed E-state index contributed by atoms with van der Waals surface area (Å²) < 4.78 is 6.78. The van der Waals surface area contributed by atoms with E-state index in [1.54, 1.807) is 7.11 Å². The minimum Gasteiger partial charge on any atom is -0.496 e. The number of aromatic nitrogens is 2. The Morgan fingerprint density at radius 3 is 2.83 bits per heavy atom. The third-order valence-electron chi connectivity index (χ3n) is 3.80. The molecular formula is C18H16N2O2S. The van der Waals surface area contributed by atoms with Gasteiger partial charge in [-0.15, -0.1) is 17.8 Å². The molecule has 0 aliphatic heterocycles. The first-order valence-corrected chi connectivity index (χ1v) is 7.95. The number of thiophene rings is 1. The summed E-state index contributed by atoms with van der Waals surface area (Å²) in [5.74, 6) is 3.32. The summed E-state index contributed by atoms with van der Waals surface area (Å²) in [6.45, 7) is 4.21. The van der Waals surface area contributed by atoms with Crippen LogP contribution in [0.1, 0.15) is 10.4 Å². The van der Waals surface area contributed by atoms with Gasteiger partial charge in [-0.05, 0) is 37.1 Å². The smallest absolute Gasteiger partial charge is 0.263 e. The molecule has 5 heteroatoms. The topological polar surface area (TPSA) is 44.1 Å². The Bertz CT molecular complexity index is 993. The third-order valence-corrected chi connectivity index (χ3v) is 4.81. The van der Waals surface area contributed by atoms with Gasteiger partial charge in [0, 0.05) is 10.4 Å². The number of hydrogen-bond donors (Lipinski definition) is 0. The van der Waals surface area contributed by atoms with Crippen LogP contribution in [-0.2, 0) is 6.54 Å². The van der Waals surface area contributed by atoms with Crippen molar-refractivity contribution in [3.63, 3.8) is 0 Å². The molecule has 0 unspecified atom stereocenters. The van der Waals surface area contributed by atoms with Crippen LogP contribution in [0.4, 0.5) is 0 Å². The van der Waals surface area contributed by atoms with Crippen LogP contribution >= 0.6 is 11.3 Å². The van der Waals surface area contributed by atoms with Gasteiger partial charge >= 0.3 is 0 Å². The minimum atomic E-state index is -0.0965. The zero-order valence-corrected chi connectivity index (χ0v) is 14.0. The second-order valence-corrected chi connectivity index (χ2v) is 6.48. The van der Waals surface area contributed by atoms with E-state index in [1.165, 1.54) is 22.2 Å². The third kappa shape index (κ3) is 2.51. The van der Waals surface area contributed by atoms with Crippen LogP contribution in [0.15, 0.2) is 29.3 Å². The summed E-state index contributed by atoms with van der Waals surface area (Å²) in [6.07, 6.45) is 6.85. The highest BCUT2D eigenvalue weighted by Gasteiger charge is 2.17. The lowest BCUT2D eigenvalue weighted by Crippen LogP contribution is -2.19.